The molecule has 1 aromatic heterocycles. The lowest BCUT2D eigenvalue weighted by molar-refractivity contribution is -0.153. The van der Waals surface area contributed by atoms with Crippen LogP contribution < -0.4 is 15.8 Å². The number of ether oxygens (including phenoxy) is 1. The molecule has 3 atom stereocenters. The Kier molecular flexibility index (Phi) is 6.63. The molecule has 1 aromatic carbocycles. The number of hydrogen-bond acceptors (Lipinski definition) is 6. The van der Waals surface area contributed by atoms with E-state index in [-0.39, 0.29) is 27.9 Å². The van der Waals surface area contributed by atoms with Crippen molar-refractivity contribution in [3.05, 3.63) is 53.6 Å². The van der Waals surface area contributed by atoms with Crippen molar-refractivity contribution in [2.75, 3.05) is 11.9 Å². The number of halogens is 5. The van der Waals surface area contributed by atoms with Gasteiger partial charge in [0.15, 0.2) is 11.8 Å². The van der Waals surface area contributed by atoms with Gasteiger partial charge in [0.1, 0.15) is 29.0 Å². The van der Waals surface area contributed by atoms with Gasteiger partial charge in [-0.1, -0.05) is 11.8 Å². The SMILES string of the molecule is C[C@H]1SC(N)=N[C@](C)(c2cc(NC(=O)c3ccc(OCC(F)(F)F)cn3)ccc2F)[C@H]1F. The minimum atomic E-state index is -4.50. The van der Waals surface area contributed by atoms with E-state index in [9.17, 15) is 26.7 Å². The first-order valence-electron chi connectivity index (χ1n) is 9.32. The molecular formula is C20H19F5N4O2S. The summed E-state index contributed by atoms with van der Waals surface area (Å²) < 4.78 is 70.7. The van der Waals surface area contributed by atoms with Gasteiger partial charge in [-0.3, -0.25) is 4.79 Å². The van der Waals surface area contributed by atoms with Crippen LogP contribution >= 0.6 is 11.8 Å². The lowest BCUT2D eigenvalue weighted by atomic mass is 9.85. The highest BCUT2D eigenvalue weighted by Crippen LogP contribution is 2.42. The van der Waals surface area contributed by atoms with Crippen molar-refractivity contribution < 1.29 is 31.5 Å². The Hall–Kier alpha value is -2.89. The highest BCUT2D eigenvalue weighted by molar-refractivity contribution is 8.14. The van der Waals surface area contributed by atoms with Crippen molar-refractivity contribution in [2.24, 2.45) is 10.7 Å². The highest BCUT2D eigenvalue weighted by Gasteiger charge is 2.45. The number of carbonyl (C=O) groups excluding carboxylic acids is 1. The van der Waals surface area contributed by atoms with E-state index in [2.05, 4.69) is 20.0 Å². The second-order valence-corrected chi connectivity index (χ2v) is 8.65. The molecule has 0 aliphatic carbocycles. The molecule has 6 nitrogen and oxygen atoms in total. The molecular weight excluding hydrogens is 455 g/mol. The summed E-state index contributed by atoms with van der Waals surface area (Å²) in [6.07, 6.45) is -5.06. The Labute approximate surface area is 184 Å². The molecule has 172 valence electrons. The summed E-state index contributed by atoms with van der Waals surface area (Å²) in [5.74, 6) is -1.58. The fourth-order valence-corrected chi connectivity index (χ4v) is 4.19. The van der Waals surface area contributed by atoms with Crippen molar-refractivity contribution in [3.63, 3.8) is 0 Å². The Morgan fingerprint density at radius 3 is 2.66 bits per heavy atom. The summed E-state index contributed by atoms with van der Waals surface area (Å²) in [6.45, 7) is 1.55. The highest BCUT2D eigenvalue weighted by atomic mass is 32.2. The predicted octanol–water partition coefficient (Wildman–Crippen LogP) is 4.42. The van der Waals surface area contributed by atoms with Gasteiger partial charge >= 0.3 is 6.18 Å². The quantitative estimate of drug-likeness (QED) is 0.627. The topological polar surface area (TPSA) is 89.6 Å². The van der Waals surface area contributed by atoms with Crippen LogP contribution in [0.4, 0.5) is 27.6 Å². The second-order valence-electron chi connectivity index (χ2n) is 7.25. The number of nitrogens with two attached hydrogens (primary N) is 1. The maximum absolute atomic E-state index is 15.0. The summed E-state index contributed by atoms with van der Waals surface area (Å²) in [5.41, 5.74) is 4.14. The van der Waals surface area contributed by atoms with Gasteiger partial charge in [-0.25, -0.2) is 18.8 Å². The molecule has 2 heterocycles. The number of rotatable bonds is 5. The Bertz CT molecular complexity index is 1030. The maximum Gasteiger partial charge on any atom is 0.422 e. The zero-order valence-electron chi connectivity index (χ0n) is 16.9. The average molecular weight is 474 g/mol. The van der Waals surface area contributed by atoms with E-state index in [1.54, 1.807) is 6.92 Å². The molecule has 1 aliphatic heterocycles. The van der Waals surface area contributed by atoms with E-state index in [0.29, 0.717) is 0 Å². The Morgan fingerprint density at radius 1 is 1.31 bits per heavy atom. The summed E-state index contributed by atoms with van der Waals surface area (Å²) >= 11 is 1.05. The molecule has 0 fully saturated rings. The molecule has 3 rings (SSSR count). The van der Waals surface area contributed by atoms with E-state index < -0.39 is 41.5 Å². The number of benzene rings is 1. The van der Waals surface area contributed by atoms with Crippen molar-refractivity contribution in [1.82, 2.24) is 4.98 Å². The normalized spacial score (nSPS) is 23.4. The van der Waals surface area contributed by atoms with E-state index in [0.717, 1.165) is 30.1 Å². The molecule has 0 radical (unpaired) electrons. The first-order chi connectivity index (χ1) is 14.9. The van der Waals surface area contributed by atoms with Gasteiger partial charge in [-0.15, -0.1) is 0 Å². The predicted molar refractivity (Wildman–Crippen MR) is 111 cm³/mol. The van der Waals surface area contributed by atoms with Crippen molar-refractivity contribution in [1.29, 1.82) is 0 Å². The summed E-state index contributed by atoms with van der Waals surface area (Å²) in [7, 11) is 0. The third kappa shape index (κ3) is 5.29. The van der Waals surface area contributed by atoms with Crippen LogP contribution in [0.25, 0.3) is 0 Å². The van der Waals surface area contributed by atoms with Gasteiger partial charge in [-0.2, -0.15) is 13.2 Å². The monoisotopic (exact) mass is 474 g/mol. The van der Waals surface area contributed by atoms with Crippen LogP contribution in [0.2, 0.25) is 0 Å². The van der Waals surface area contributed by atoms with Gasteiger partial charge in [0.05, 0.1) is 6.20 Å². The number of amides is 1. The number of alkyl halides is 4. The van der Waals surface area contributed by atoms with E-state index in [1.165, 1.54) is 25.1 Å². The molecule has 1 aliphatic rings. The number of aliphatic imine (C=N–C) groups is 1. The van der Waals surface area contributed by atoms with Crippen molar-refractivity contribution in [2.45, 2.75) is 37.0 Å². The van der Waals surface area contributed by atoms with Gasteiger partial charge in [0, 0.05) is 16.5 Å². The molecule has 0 spiro atoms. The molecule has 12 heteroatoms. The molecule has 2 aromatic rings. The smallest absolute Gasteiger partial charge is 0.422 e. The number of amidine groups is 1. The summed E-state index contributed by atoms with van der Waals surface area (Å²) in [5, 5.41) is 2.07. The number of hydrogen-bond donors (Lipinski definition) is 2. The zero-order valence-corrected chi connectivity index (χ0v) is 17.7. The number of nitrogens with zero attached hydrogens (tertiary/aromatic N) is 2. The van der Waals surface area contributed by atoms with E-state index in [4.69, 9.17) is 5.73 Å². The largest absolute Gasteiger partial charge is 0.483 e. The summed E-state index contributed by atoms with van der Waals surface area (Å²) in [4.78, 5) is 20.3. The van der Waals surface area contributed by atoms with Crippen molar-refractivity contribution in [3.8, 4) is 5.75 Å². The molecule has 1 amide bonds. The van der Waals surface area contributed by atoms with E-state index in [1.807, 2.05) is 0 Å². The first kappa shape index (κ1) is 23.8. The van der Waals surface area contributed by atoms with Crippen LogP contribution in [-0.4, -0.2) is 40.3 Å². The third-order valence-electron chi connectivity index (χ3n) is 4.74. The van der Waals surface area contributed by atoms with Crippen LogP contribution in [0, 0.1) is 5.82 Å². The lowest BCUT2D eigenvalue weighted by Gasteiger charge is -2.37. The minimum absolute atomic E-state index is 0.0817. The fraction of sp³-hybridized carbons (Fsp3) is 0.350. The Morgan fingerprint density at radius 2 is 2.03 bits per heavy atom. The van der Waals surface area contributed by atoms with Crippen LogP contribution in [-0.2, 0) is 5.54 Å². The van der Waals surface area contributed by atoms with Gasteiger partial charge in [-0.05, 0) is 44.2 Å². The molecule has 32 heavy (non-hydrogen) atoms. The number of carbonyl (C=O) groups is 1. The van der Waals surface area contributed by atoms with Crippen LogP contribution in [0.3, 0.4) is 0 Å². The van der Waals surface area contributed by atoms with Crippen LogP contribution in [0.15, 0.2) is 41.5 Å². The lowest BCUT2D eigenvalue weighted by Crippen LogP contribution is -2.44. The third-order valence-corrected chi connectivity index (χ3v) is 5.68. The van der Waals surface area contributed by atoms with Crippen LogP contribution in [0.5, 0.6) is 5.75 Å². The molecule has 0 saturated carbocycles. The van der Waals surface area contributed by atoms with Crippen molar-refractivity contribution >= 4 is 28.5 Å². The summed E-state index contributed by atoms with van der Waals surface area (Å²) in [6, 6.07) is 5.96. The van der Waals surface area contributed by atoms with Gasteiger partial charge < -0.3 is 15.8 Å². The Balaban J connectivity index is 1.79. The zero-order chi connectivity index (χ0) is 23.7. The number of aromatic nitrogens is 1. The number of anilines is 1. The minimum Gasteiger partial charge on any atom is -0.483 e. The van der Waals surface area contributed by atoms with Gasteiger partial charge in [0.2, 0.25) is 0 Å². The first-order valence-corrected chi connectivity index (χ1v) is 10.2. The standard InChI is InChI=1S/C20H19F5N4O2S/c1-10-16(22)19(2,29-18(26)32-10)13-7-11(3-5-14(13)21)28-17(30)15-6-4-12(8-27-15)31-9-20(23,24)25/h3-8,10,16H,9H2,1-2H3,(H2,26,29)(H,28,30)/t10-,16+,19-/m1/s1. The number of nitrogens with one attached hydrogen (secondary N) is 1. The van der Waals surface area contributed by atoms with Gasteiger partial charge in [0.25, 0.3) is 5.91 Å². The maximum atomic E-state index is 15.0. The molecule has 3 N–H and O–H groups in total. The average Bonchev–Trinajstić information content (AvgIpc) is 2.71. The molecule has 0 unspecified atom stereocenters. The molecule has 0 saturated heterocycles. The van der Waals surface area contributed by atoms with Crippen LogP contribution in [0.1, 0.15) is 29.9 Å². The second kappa shape index (κ2) is 8.93. The number of pyridine rings is 1. The molecule has 0 bridgehead atoms. The number of thioether (sulfide) groups is 1. The van der Waals surface area contributed by atoms with E-state index >= 15 is 0 Å². The fourth-order valence-electron chi connectivity index (χ4n) is 3.18.